The maximum atomic E-state index is 12.1. The number of rotatable bonds is 5. The van der Waals surface area contributed by atoms with Crippen molar-refractivity contribution in [1.82, 2.24) is 9.78 Å². The molecule has 0 aliphatic rings. The lowest BCUT2D eigenvalue weighted by Gasteiger charge is -2.05. The van der Waals surface area contributed by atoms with Crippen LogP contribution in [0.3, 0.4) is 0 Å². The fourth-order valence-corrected chi connectivity index (χ4v) is 2.10. The molecule has 0 N–H and O–H groups in total. The molecule has 4 heteroatoms. The highest BCUT2D eigenvalue weighted by Crippen LogP contribution is 2.14. The Bertz CT molecular complexity index is 572. The predicted molar refractivity (Wildman–Crippen MR) is 76.7 cm³/mol. The van der Waals surface area contributed by atoms with Crippen LogP contribution in [0.1, 0.15) is 35.0 Å². The third-order valence-corrected chi connectivity index (χ3v) is 3.52. The van der Waals surface area contributed by atoms with Gasteiger partial charge in [0.2, 0.25) is 0 Å². The molecule has 0 radical (unpaired) electrons. The van der Waals surface area contributed by atoms with Gasteiger partial charge in [0.25, 0.3) is 0 Å². The minimum absolute atomic E-state index is 0.0471. The van der Waals surface area contributed by atoms with Crippen LogP contribution in [0.5, 0.6) is 0 Å². The topological polar surface area (TPSA) is 34.9 Å². The number of halogens is 1. The van der Waals surface area contributed by atoms with E-state index in [1.165, 1.54) is 5.56 Å². The van der Waals surface area contributed by atoms with Gasteiger partial charge in [-0.3, -0.25) is 9.48 Å². The van der Waals surface area contributed by atoms with Crippen LogP contribution in [-0.2, 0) is 13.0 Å². The van der Waals surface area contributed by atoms with E-state index >= 15 is 0 Å². The van der Waals surface area contributed by atoms with Crippen molar-refractivity contribution < 1.29 is 4.79 Å². The molecular formula is C15H17ClN2O. The third kappa shape index (κ3) is 3.24. The zero-order valence-corrected chi connectivity index (χ0v) is 11.9. The number of aromatic nitrogens is 2. The van der Waals surface area contributed by atoms with E-state index in [1.807, 2.05) is 31.2 Å². The van der Waals surface area contributed by atoms with Crippen molar-refractivity contribution in [3.8, 4) is 0 Å². The van der Waals surface area contributed by atoms with Crippen LogP contribution >= 0.6 is 11.6 Å². The smallest absolute Gasteiger partial charge is 0.184 e. The van der Waals surface area contributed by atoms with Crippen LogP contribution in [0.4, 0.5) is 0 Å². The molecule has 1 aromatic carbocycles. The van der Waals surface area contributed by atoms with Crippen molar-refractivity contribution in [1.29, 1.82) is 0 Å². The van der Waals surface area contributed by atoms with Gasteiger partial charge in [-0.2, -0.15) is 5.10 Å². The van der Waals surface area contributed by atoms with Gasteiger partial charge in [0.1, 0.15) is 6.54 Å². The van der Waals surface area contributed by atoms with E-state index in [-0.39, 0.29) is 12.3 Å². The van der Waals surface area contributed by atoms with E-state index in [2.05, 4.69) is 12.0 Å². The van der Waals surface area contributed by atoms with Crippen molar-refractivity contribution in [2.24, 2.45) is 0 Å². The SMILES string of the molecule is CCCc1ccc(C(=O)Cn2ncc(Cl)c2C)cc1. The molecule has 0 saturated carbocycles. The number of aryl methyl sites for hydroxylation is 1. The highest BCUT2D eigenvalue weighted by molar-refractivity contribution is 6.31. The van der Waals surface area contributed by atoms with E-state index < -0.39 is 0 Å². The van der Waals surface area contributed by atoms with E-state index in [0.717, 1.165) is 18.5 Å². The fourth-order valence-electron chi connectivity index (χ4n) is 1.96. The van der Waals surface area contributed by atoms with Gasteiger partial charge in [0.05, 0.1) is 16.9 Å². The Hall–Kier alpha value is -1.61. The molecule has 0 amide bonds. The van der Waals surface area contributed by atoms with Crippen LogP contribution in [0.15, 0.2) is 30.5 Å². The van der Waals surface area contributed by atoms with Crippen molar-refractivity contribution >= 4 is 17.4 Å². The van der Waals surface area contributed by atoms with Crippen LogP contribution in [0.2, 0.25) is 5.02 Å². The normalized spacial score (nSPS) is 10.7. The lowest BCUT2D eigenvalue weighted by atomic mass is 10.1. The van der Waals surface area contributed by atoms with Crippen molar-refractivity contribution in [3.63, 3.8) is 0 Å². The minimum atomic E-state index is 0.0471. The summed E-state index contributed by atoms with van der Waals surface area (Å²) in [4.78, 5) is 12.1. The molecule has 3 nitrogen and oxygen atoms in total. The Morgan fingerprint density at radius 2 is 2.00 bits per heavy atom. The van der Waals surface area contributed by atoms with Crippen molar-refractivity contribution in [3.05, 3.63) is 52.3 Å². The lowest BCUT2D eigenvalue weighted by Crippen LogP contribution is -2.12. The minimum Gasteiger partial charge on any atom is -0.292 e. The zero-order valence-electron chi connectivity index (χ0n) is 11.2. The summed E-state index contributed by atoms with van der Waals surface area (Å²) in [7, 11) is 0. The number of carbonyl (C=O) groups excluding carboxylic acids is 1. The molecule has 1 heterocycles. The van der Waals surface area contributed by atoms with Crippen LogP contribution in [0.25, 0.3) is 0 Å². The second-order valence-electron chi connectivity index (χ2n) is 4.61. The molecule has 0 unspecified atom stereocenters. The second kappa shape index (κ2) is 6.02. The van der Waals surface area contributed by atoms with Gasteiger partial charge >= 0.3 is 0 Å². The van der Waals surface area contributed by atoms with E-state index in [4.69, 9.17) is 11.6 Å². The second-order valence-corrected chi connectivity index (χ2v) is 5.01. The standard InChI is InChI=1S/C15H17ClN2O/c1-3-4-12-5-7-13(8-6-12)15(19)10-18-11(2)14(16)9-17-18/h5-9H,3-4,10H2,1-2H3. The number of Topliss-reactive ketones (excluding diaryl/α,β-unsaturated/α-hetero) is 1. The van der Waals surface area contributed by atoms with Crippen LogP contribution in [0, 0.1) is 6.92 Å². The molecule has 0 aliphatic heterocycles. The molecule has 1 aromatic heterocycles. The summed E-state index contributed by atoms with van der Waals surface area (Å²) in [6.07, 6.45) is 3.72. The maximum Gasteiger partial charge on any atom is 0.184 e. The van der Waals surface area contributed by atoms with E-state index in [0.29, 0.717) is 10.6 Å². The highest BCUT2D eigenvalue weighted by atomic mass is 35.5. The molecule has 2 rings (SSSR count). The van der Waals surface area contributed by atoms with E-state index in [1.54, 1.807) is 10.9 Å². The number of nitrogens with zero attached hydrogens (tertiary/aromatic N) is 2. The first-order valence-electron chi connectivity index (χ1n) is 6.42. The quantitative estimate of drug-likeness (QED) is 0.781. The Morgan fingerprint density at radius 1 is 1.32 bits per heavy atom. The molecule has 100 valence electrons. The van der Waals surface area contributed by atoms with Crippen LogP contribution in [-0.4, -0.2) is 15.6 Å². The Kier molecular flexibility index (Phi) is 4.38. The summed E-state index contributed by atoms with van der Waals surface area (Å²) in [6.45, 7) is 4.22. The summed E-state index contributed by atoms with van der Waals surface area (Å²) in [5.41, 5.74) is 2.79. The van der Waals surface area contributed by atoms with Gasteiger partial charge in [-0.15, -0.1) is 0 Å². The fraction of sp³-hybridized carbons (Fsp3) is 0.333. The first-order chi connectivity index (χ1) is 9.11. The average molecular weight is 277 g/mol. The lowest BCUT2D eigenvalue weighted by molar-refractivity contribution is 0.0967. The summed E-state index contributed by atoms with van der Waals surface area (Å²) in [5.74, 6) is 0.0471. The van der Waals surface area contributed by atoms with Crippen molar-refractivity contribution in [2.45, 2.75) is 33.2 Å². The first-order valence-corrected chi connectivity index (χ1v) is 6.79. The van der Waals surface area contributed by atoms with Crippen LogP contribution < -0.4 is 0 Å². The van der Waals surface area contributed by atoms with Gasteiger partial charge in [0.15, 0.2) is 5.78 Å². The largest absolute Gasteiger partial charge is 0.292 e. The summed E-state index contributed by atoms with van der Waals surface area (Å²) in [6, 6.07) is 7.79. The monoisotopic (exact) mass is 276 g/mol. The molecule has 0 aliphatic carbocycles. The molecular weight excluding hydrogens is 260 g/mol. The summed E-state index contributed by atoms with van der Waals surface area (Å²) in [5, 5.41) is 4.68. The highest BCUT2D eigenvalue weighted by Gasteiger charge is 2.10. The Balaban J connectivity index is 2.09. The molecule has 0 atom stereocenters. The first kappa shape index (κ1) is 13.8. The number of carbonyl (C=O) groups is 1. The summed E-state index contributed by atoms with van der Waals surface area (Å²) >= 11 is 5.92. The average Bonchev–Trinajstić information content (AvgIpc) is 2.72. The zero-order chi connectivity index (χ0) is 13.8. The molecule has 19 heavy (non-hydrogen) atoms. The number of benzene rings is 1. The van der Waals surface area contributed by atoms with Gasteiger partial charge < -0.3 is 0 Å². The third-order valence-electron chi connectivity index (χ3n) is 3.15. The van der Waals surface area contributed by atoms with Gasteiger partial charge in [-0.1, -0.05) is 49.2 Å². The maximum absolute atomic E-state index is 12.1. The summed E-state index contributed by atoms with van der Waals surface area (Å²) < 4.78 is 1.63. The predicted octanol–water partition coefficient (Wildman–Crippen LogP) is 3.68. The Labute approximate surface area is 118 Å². The number of hydrogen-bond acceptors (Lipinski definition) is 2. The molecule has 0 saturated heterocycles. The Morgan fingerprint density at radius 3 is 2.53 bits per heavy atom. The molecule has 2 aromatic rings. The molecule has 0 fully saturated rings. The van der Waals surface area contributed by atoms with Crippen molar-refractivity contribution in [2.75, 3.05) is 0 Å². The van der Waals surface area contributed by atoms with Gasteiger partial charge in [0, 0.05) is 5.56 Å². The van der Waals surface area contributed by atoms with E-state index in [9.17, 15) is 4.79 Å². The van der Waals surface area contributed by atoms with Gasteiger partial charge in [-0.05, 0) is 18.9 Å². The molecule has 0 spiro atoms. The van der Waals surface area contributed by atoms with Gasteiger partial charge in [-0.25, -0.2) is 0 Å². The molecule has 0 bridgehead atoms. The number of ketones is 1. The number of hydrogen-bond donors (Lipinski definition) is 0.